The number of hydrogen-bond acceptors (Lipinski definition) is 4. The molecule has 0 aliphatic carbocycles. The Morgan fingerprint density at radius 3 is 2.22 bits per heavy atom. The van der Waals surface area contributed by atoms with Gasteiger partial charge in [0.25, 0.3) is 0 Å². The molecule has 0 heterocycles. The highest BCUT2D eigenvalue weighted by atomic mass is 16.5. The van der Waals surface area contributed by atoms with Crippen LogP contribution in [0.15, 0.2) is 18.2 Å². The number of likely N-dealkylation sites (N-methyl/N-ethyl adjacent to an activating group) is 1. The van der Waals surface area contributed by atoms with E-state index in [1.165, 1.54) is 5.56 Å². The molecule has 0 saturated heterocycles. The Balaban J connectivity index is 3.02. The third kappa shape index (κ3) is 3.15. The Kier molecular flexibility index (Phi) is 5.44. The van der Waals surface area contributed by atoms with Crippen LogP contribution in [0.1, 0.15) is 18.4 Å². The van der Waals surface area contributed by atoms with E-state index >= 15 is 0 Å². The lowest BCUT2D eigenvalue weighted by molar-refractivity contribution is 0.266. The van der Waals surface area contributed by atoms with Crippen molar-refractivity contribution in [2.75, 3.05) is 34.9 Å². The van der Waals surface area contributed by atoms with Crippen molar-refractivity contribution in [2.24, 2.45) is 5.73 Å². The minimum Gasteiger partial charge on any atom is -0.493 e. The topological polar surface area (TPSA) is 47.7 Å². The molecule has 18 heavy (non-hydrogen) atoms. The van der Waals surface area contributed by atoms with Gasteiger partial charge in [-0.1, -0.05) is 13.0 Å². The number of ether oxygens (including phenoxy) is 2. The summed E-state index contributed by atoms with van der Waals surface area (Å²) in [5, 5.41) is 0. The molecule has 0 aliphatic heterocycles. The monoisotopic (exact) mass is 252 g/mol. The molecule has 1 rings (SSSR count). The smallest absolute Gasteiger partial charge is 0.160 e. The summed E-state index contributed by atoms with van der Waals surface area (Å²) >= 11 is 0. The third-order valence-corrected chi connectivity index (χ3v) is 3.42. The summed E-state index contributed by atoms with van der Waals surface area (Å²) in [5.41, 5.74) is 7.05. The molecule has 4 nitrogen and oxygen atoms in total. The minimum absolute atomic E-state index is 0.308. The van der Waals surface area contributed by atoms with Crippen molar-refractivity contribution in [3.05, 3.63) is 23.8 Å². The quantitative estimate of drug-likeness (QED) is 0.837. The molecule has 2 atom stereocenters. The lowest BCUT2D eigenvalue weighted by Gasteiger charge is -2.29. The van der Waals surface area contributed by atoms with Gasteiger partial charge in [0.05, 0.1) is 14.2 Å². The van der Waals surface area contributed by atoms with Gasteiger partial charge in [0.15, 0.2) is 11.5 Å². The van der Waals surface area contributed by atoms with Gasteiger partial charge < -0.3 is 20.1 Å². The van der Waals surface area contributed by atoms with Crippen LogP contribution in [0.5, 0.6) is 11.5 Å². The summed E-state index contributed by atoms with van der Waals surface area (Å²) < 4.78 is 10.6. The summed E-state index contributed by atoms with van der Waals surface area (Å²) in [5.74, 6) is 1.85. The van der Waals surface area contributed by atoms with Crippen LogP contribution < -0.4 is 15.2 Å². The Morgan fingerprint density at radius 2 is 1.78 bits per heavy atom. The highest BCUT2D eigenvalue weighted by Crippen LogP contribution is 2.32. The first kappa shape index (κ1) is 14.8. The number of benzene rings is 1. The van der Waals surface area contributed by atoms with Gasteiger partial charge in [-0.05, 0) is 37.7 Å². The fraction of sp³-hybridized carbons (Fsp3) is 0.571. The fourth-order valence-electron chi connectivity index (χ4n) is 2.22. The van der Waals surface area contributed by atoms with Crippen molar-refractivity contribution in [3.8, 4) is 11.5 Å². The summed E-state index contributed by atoms with van der Waals surface area (Å²) in [6.07, 6.45) is 0. The number of hydrogen-bond donors (Lipinski definition) is 1. The predicted molar refractivity (Wildman–Crippen MR) is 74.5 cm³/mol. The zero-order valence-corrected chi connectivity index (χ0v) is 11.9. The molecule has 4 heteroatoms. The van der Waals surface area contributed by atoms with Gasteiger partial charge in [0.1, 0.15) is 0 Å². The van der Waals surface area contributed by atoms with Crippen molar-refractivity contribution in [1.29, 1.82) is 0 Å². The number of nitrogens with zero attached hydrogens (tertiary/aromatic N) is 1. The van der Waals surface area contributed by atoms with Crippen LogP contribution in [0.2, 0.25) is 0 Å². The zero-order chi connectivity index (χ0) is 13.7. The van der Waals surface area contributed by atoms with E-state index in [-0.39, 0.29) is 0 Å². The minimum atomic E-state index is 0.308. The van der Waals surface area contributed by atoms with Crippen LogP contribution in [0.3, 0.4) is 0 Å². The van der Waals surface area contributed by atoms with Gasteiger partial charge in [0, 0.05) is 12.6 Å². The first-order valence-corrected chi connectivity index (χ1v) is 6.13. The van der Waals surface area contributed by atoms with Crippen molar-refractivity contribution >= 4 is 0 Å². The van der Waals surface area contributed by atoms with Crippen LogP contribution in [0, 0.1) is 0 Å². The maximum absolute atomic E-state index is 5.84. The van der Waals surface area contributed by atoms with Crippen LogP contribution >= 0.6 is 0 Å². The van der Waals surface area contributed by atoms with E-state index in [1.807, 2.05) is 12.1 Å². The molecule has 0 bridgehead atoms. The van der Waals surface area contributed by atoms with E-state index in [2.05, 4.69) is 32.0 Å². The number of nitrogens with two attached hydrogens (primary N) is 1. The lowest BCUT2D eigenvalue weighted by Crippen LogP contribution is -2.39. The molecule has 1 aromatic carbocycles. The zero-order valence-electron chi connectivity index (χ0n) is 11.9. The van der Waals surface area contributed by atoms with E-state index in [4.69, 9.17) is 15.2 Å². The van der Waals surface area contributed by atoms with Crippen molar-refractivity contribution in [3.63, 3.8) is 0 Å². The molecule has 0 saturated carbocycles. The maximum Gasteiger partial charge on any atom is 0.160 e. The van der Waals surface area contributed by atoms with Gasteiger partial charge >= 0.3 is 0 Å². The molecule has 0 radical (unpaired) electrons. The highest BCUT2D eigenvalue weighted by molar-refractivity contribution is 5.44. The summed E-state index contributed by atoms with van der Waals surface area (Å²) in [4.78, 5) is 2.15. The Bertz CT molecular complexity index is 380. The molecule has 0 aromatic heterocycles. The third-order valence-electron chi connectivity index (χ3n) is 3.42. The van der Waals surface area contributed by atoms with Gasteiger partial charge in [-0.2, -0.15) is 0 Å². The molecule has 102 valence electrons. The molecule has 2 N–H and O–H groups in total. The number of methoxy groups -OCH3 is 2. The van der Waals surface area contributed by atoms with E-state index in [1.54, 1.807) is 14.2 Å². The van der Waals surface area contributed by atoms with E-state index in [0.29, 0.717) is 18.5 Å². The van der Waals surface area contributed by atoms with E-state index < -0.39 is 0 Å². The van der Waals surface area contributed by atoms with Crippen molar-refractivity contribution in [2.45, 2.75) is 18.9 Å². The molecular formula is C14H24N2O2. The largest absolute Gasteiger partial charge is 0.493 e. The SMILES string of the molecule is COc1ccc(C(C)C(CN)N(C)C)cc1OC. The average Bonchev–Trinajstić information content (AvgIpc) is 2.38. The first-order valence-electron chi connectivity index (χ1n) is 6.13. The Labute approximate surface area is 110 Å². The fourth-order valence-corrected chi connectivity index (χ4v) is 2.22. The second-order valence-corrected chi connectivity index (χ2v) is 4.67. The molecule has 2 unspecified atom stereocenters. The van der Waals surface area contributed by atoms with Gasteiger partial charge in [0.2, 0.25) is 0 Å². The highest BCUT2D eigenvalue weighted by Gasteiger charge is 2.20. The molecule has 0 fully saturated rings. The van der Waals surface area contributed by atoms with E-state index in [0.717, 1.165) is 11.5 Å². The second kappa shape index (κ2) is 6.61. The molecule has 0 spiro atoms. The molecule has 0 amide bonds. The Morgan fingerprint density at radius 1 is 1.17 bits per heavy atom. The molecular weight excluding hydrogens is 228 g/mol. The Hall–Kier alpha value is -1.26. The van der Waals surface area contributed by atoms with Crippen LogP contribution in [0.25, 0.3) is 0 Å². The van der Waals surface area contributed by atoms with Crippen molar-refractivity contribution < 1.29 is 9.47 Å². The lowest BCUT2D eigenvalue weighted by atomic mass is 9.92. The van der Waals surface area contributed by atoms with Crippen molar-refractivity contribution in [1.82, 2.24) is 4.90 Å². The second-order valence-electron chi connectivity index (χ2n) is 4.67. The standard InChI is InChI=1S/C14H24N2O2/c1-10(12(9-15)16(2)3)11-6-7-13(17-4)14(8-11)18-5/h6-8,10,12H,9,15H2,1-5H3. The van der Waals surface area contributed by atoms with Crippen LogP contribution in [-0.2, 0) is 0 Å². The average molecular weight is 252 g/mol. The maximum atomic E-state index is 5.84. The summed E-state index contributed by atoms with van der Waals surface area (Å²) in [6, 6.07) is 6.34. The number of rotatable bonds is 6. The van der Waals surface area contributed by atoms with Gasteiger partial charge in [-0.15, -0.1) is 0 Å². The summed E-state index contributed by atoms with van der Waals surface area (Å²) in [7, 11) is 7.39. The van der Waals surface area contributed by atoms with Gasteiger partial charge in [-0.25, -0.2) is 0 Å². The molecule has 1 aromatic rings. The normalized spacial score (nSPS) is 14.4. The summed E-state index contributed by atoms with van der Waals surface area (Å²) in [6.45, 7) is 2.81. The first-order chi connectivity index (χ1) is 8.54. The molecule has 0 aliphatic rings. The van der Waals surface area contributed by atoms with Crippen LogP contribution in [0.4, 0.5) is 0 Å². The van der Waals surface area contributed by atoms with Crippen LogP contribution in [-0.4, -0.2) is 45.8 Å². The van der Waals surface area contributed by atoms with E-state index in [9.17, 15) is 0 Å². The predicted octanol–water partition coefficient (Wildman–Crippen LogP) is 1.70. The van der Waals surface area contributed by atoms with Gasteiger partial charge in [-0.3, -0.25) is 0 Å².